The van der Waals surface area contributed by atoms with Gasteiger partial charge >= 0.3 is 0 Å². The molecule has 1 aromatic heterocycles. The van der Waals surface area contributed by atoms with E-state index in [0.29, 0.717) is 12.0 Å². The zero-order valence-electron chi connectivity index (χ0n) is 9.45. The third-order valence-corrected chi connectivity index (χ3v) is 2.44. The average Bonchev–Trinajstić information content (AvgIpc) is 2.85. The number of amides is 1. The second kappa shape index (κ2) is 5.44. The first-order valence-electron chi connectivity index (χ1n) is 5.42. The molecule has 0 aliphatic carbocycles. The summed E-state index contributed by atoms with van der Waals surface area (Å²) in [5.41, 5.74) is 0.358. The number of nitrogens with one attached hydrogen (secondary N) is 1. The number of hydrogen-bond donors (Lipinski definition) is 1. The summed E-state index contributed by atoms with van der Waals surface area (Å²) in [6, 6.07) is 6.52. The summed E-state index contributed by atoms with van der Waals surface area (Å²) in [5, 5.41) is 2.58. The highest BCUT2D eigenvalue weighted by atomic mass is 19.1. The van der Waals surface area contributed by atoms with E-state index in [1.54, 1.807) is 6.07 Å². The smallest absolute Gasteiger partial charge is 0.286 e. The van der Waals surface area contributed by atoms with Gasteiger partial charge in [-0.15, -0.1) is 0 Å². The number of carbonyl (C=O) groups is 1. The largest absolute Gasteiger partial charge is 0.459 e. The van der Waals surface area contributed by atoms with Crippen LogP contribution >= 0.6 is 0 Å². The normalized spacial score (nSPS) is 10.3. The standard InChI is InChI=1S/C13H11F2NO2/c14-10-4-3-9(11(15)8-10)5-6-16-13(17)12-2-1-7-18-12/h1-4,7-8H,5-6H2,(H,16,17). The highest BCUT2D eigenvalue weighted by Gasteiger charge is 2.08. The van der Waals surface area contributed by atoms with Crippen molar-refractivity contribution in [2.24, 2.45) is 0 Å². The number of hydrogen-bond acceptors (Lipinski definition) is 2. The third-order valence-electron chi connectivity index (χ3n) is 2.44. The minimum atomic E-state index is -0.615. The van der Waals surface area contributed by atoms with Gasteiger partial charge < -0.3 is 9.73 Å². The molecule has 2 rings (SSSR count). The number of carbonyl (C=O) groups excluding carboxylic acids is 1. The Balaban J connectivity index is 1.87. The molecule has 0 saturated heterocycles. The van der Waals surface area contributed by atoms with Gasteiger partial charge in [-0.05, 0) is 30.2 Å². The van der Waals surface area contributed by atoms with Crippen molar-refractivity contribution in [2.75, 3.05) is 6.54 Å². The Kier molecular flexibility index (Phi) is 3.72. The molecule has 2 aromatic rings. The molecule has 1 N–H and O–H groups in total. The quantitative estimate of drug-likeness (QED) is 0.907. The van der Waals surface area contributed by atoms with E-state index in [1.807, 2.05) is 0 Å². The Morgan fingerprint density at radius 3 is 2.78 bits per heavy atom. The molecule has 0 fully saturated rings. The van der Waals surface area contributed by atoms with Crippen LogP contribution in [-0.2, 0) is 6.42 Å². The summed E-state index contributed by atoms with van der Waals surface area (Å²) in [5.74, 6) is -1.38. The molecule has 5 heteroatoms. The van der Waals surface area contributed by atoms with Crippen LogP contribution in [0.1, 0.15) is 16.1 Å². The van der Waals surface area contributed by atoms with Crippen molar-refractivity contribution < 1.29 is 18.0 Å². The van der Waals surface area contributed by atoms with E-state index in [1.165, 1.54) is 24.5 Å². The lowest BCUT2D eigenvalue weighted by Crippen LogP contribution is -2.25. The Morgan fingerprint density at radius 1 is 1.28 bits per heavy atom. The van der Waals surface area contributed by atoms with Crippen molar-refractivity contribution in [2.45, 2.75) is 6.42 Å². The van der Waals surface area contributed by atoms with Gasteiger partial charge in [0.05, 0.1) is 6.26 Å². The number of rotatable bonds is 4. The van der Waals surface area contributed by atoms with Crippen molar-refractivity contribution in [3.8, 4) is 0 Å². The van der Waals surface area contributed by atoms with E-state index in [0.717, 1.165) is 6.07 Å². The van der Waals surface area contributed by atoms with Gasteiger partial charge in [0.25, 0.3) is 5.91 Å². The third kappa shape index (κ3) is 2.94. The Hall–Kier alpha value is -2.17. The molecule has 0 bridgehead atoms. The predicted molar refractivity (Wildman–Crippen MR) is 61.1 cm³/mol. The molecule has 0 unspecified atom stereocenters. The first kappa shape index (κ1) is 12.3. The van der Waals surface area contributed by atoms with E-state index in [-0.39, 0.29) is 18.2 Å². The fourth-order valence-corrected chi connectivity index (χ4v) is 1.53. The van der Waals surface area contributed by atoms with Crippen LogP contribution in [0.2, 0.25) is 0 Å². The average molecular weight is 251 g/mol. The van der Waals surface area contributed by atoms with Gasteiger partial charge in [0.1, 0.15) is 11.6 Å². The summed E-state index contributed by atoms with van der Waals surface area (Å²) in [6.07, 6.45) is 1.69. The molecular formula is C13H11F2NO2. The molecule has 1 aromatic carbocycles. The highest BCUT2D eigenvalue weighted by molar-refractivity contribution is 5.91. The molecule has 0 atom stereocenters. The monoisotopic (exact) mass is 251 g/mol. The lowest BCUT2D eigenvalue weighted by atomic mass is 10.1. The zero-order chi connectivity index (χ0) is 13.0. The van der Waals surface area contributed by atoms with Crippen molar-refractivity contribution in [3.63, 3.8) is 0 Å². The van der Waals surface area contributed by atoms with Gasteiger partial charge in [0.2, 0.25) is 0 Å². The molecule has 1 amide bonds. The van der Waals surface area contributed by atoms with Crippen LogP contribution in [0.25, 0.3) is 0 Å². The summed E-state index contributed by atoms with van der Waals surface area (Å²) in [7, 11) is 0. The van der Waals surface area contributed by atoms with Crippen molar-refractivity contribution in [3.05, 3.63) is 59.6 Å². The van der Waals surface area contributed by atoms with Crippen LogP contribution < -0.4 is 5.32 Å². The molecule has 0 saturated carbocycles. The minimum absolute atomic E-state index is 0.203. The topological polar surface area (TPSA) is 42.2 Å². The minimum Gasteiger partial charge on any atom is -0.459 e. The fourth-order valence-electron chi connectivity index (χ4n) is 1.53. The van der Waals surface area contributed by atoms with E-state index in [4.69, 9.17) is 4.42 Å². The highest BCUT2D eigenvalue weighted by Crippen LogP contribution is 2.09. The van der Waals surface area contributed by atoms with Gasteiger partial charge in [0, 0.05) is 12.6 Å². The van der Waals surface area contributed by atoms with E-state index in [9.17, 15) is 13.6 Å². The van der Waals surface area contributed by atoms with E-state index < -0.39 is 11.6 Å². The maximum absolute atomic E-state index is 13.3. The number of halogens is 2. The van der Waals surface area contributed by atoms with Crippen LogP contribution in [0.5, 0.6) is 0 Å². The SMILES string of the molecule is O=C(NCCc1ccc(F)cc1F)c1ccco1. The Morgan fingerprint density at radius 2 is 2.11 bits per heavy atom. The predicted octanol–water partition coefficient (Wildman–Crippen LogP) is 2.53. The maximum atomic E-state index is 13.3. The number of benzene rings is 1. The van der Waals surface area contributed by atoms with Gasteiger partial charge in [0.15, 0.2) is 5.76 Å². The molecule has 1 heterocycles. The zero-order valence-corrected chi connectivity index (χ0v) is 9.45. The number of furan rings is 1. The molecule has 3 nitrogen and oxygen atoms in total. The van der Waals surface area contributed by atoms with Crippen LogP contribution in [-0.4, -0.2) is 12.5 Å². The first-order valence-corrected chi connectivity index (χ1v) is 5.42. The Bertz CT molecular complexity index is 538. The molecular weight excluding hydrogens is 240 g/mol. The summed E-state index contributed by atoms with van der Waals surface area (Å²) in [4.78, 5) is 11.5. The molecule has 0 aliphatic rings. The van der Waals surface area contributed by atoms with Crippen LogP contribution in [0, 0.1) is 11.6 Å². The van der Waals surface area contributed by atoms with Gasteiger partial charge in [-0.2, -0.15) is 0 Å². The van der Waals surface area contributed by atoms with Gasteiger partial charge in [-0.1, -0.05) is 6.07 Å². The fraction of sp³-hybridized carbons (Fsp3) is 0.154. The summed E-state index contributed by atoms with van der Waals surface area (Å²) in [6.45, 7) is 0.252. The van der Waals surface area contributed by atoms with Crippen LogP contribution in [0.3, 0.4) is 0 Å². The van der Waals surface area contributed by atoms with E-state index in [2.05, 4.69) is 5.32 Å². The van der Waals surface area contributed by atoms with Crippen molar-refractivity contribution >= 4 is 5.91 Å². The van der Waals surface area contributed by atoms with Crippen LogP contribution in [0.4, 0.5) is 8.78 Å². The molecule has 0 spiro atoms. The van der Waals surface area contributed by atoms with Gasteiger partial charge in [-0.3, -0.25) is 4.79 Å². The molecule has 18 heavy (non-hydrogen) atoms. The molecule has 0 radical (unpaired) electrons. The van der Waals surface area contributed by atoms with E-state index >= 15 is 0 Å². The Labute approximate surface area is 102 Å². The maximum Gasteiger partial charge on any atom is 0.286 e. The lowest BCUT2D eigenvalue weighted by Gasteiger charge is -2.04. The second-order valence-electron chi connectivity index (χ2n) is 3.72. The van der Waals surface area contributed by atoms with Crippen molar-refractivity contribution in [1.29, 1.82) is 0 Å². The lowest BCUT2D eigenvalue weighted by molar-refractivity contribution is 0.0926. The van der Waals surface area contributed by atoms with Crippen molar-refractivity contribution in [1.82, 2.24) is 5.32 Å². The first-order chi connectivity index (χ1) is 8.66. The van der Waals surface area contributed by atoms with Crippen LogP contribution in [0.15, 0.2) is 41.0 Å². The summed E-state index contributed by atoms with van der Waals surface area (Å²) >= 11 is 0. The summed E-state index contributed by atoms with van der Waals surface area (Å²) < 4.78 is 30.8. The molecule has 94 valence electrons. The second-order valence-corrected chi connectivity index (χ2v) is 3.72. The molecule has 0 aliphatic heterocycles. The van der Waals surface area contributed by atoms with Gasteiger partial charge in [-0.25, -0.2) is 8.78 Å².